The summed E-state index contributed by atoms with van der Waals surface area (Å²) in [5.41, 5.74) is -0.369. The Hall–Kier alpha value is -1.88. The van der Waals surface area contributed by atoms with E-state index >= 15 is 0 Å². The lowest BCUT2D eigenvalue weighted by Gasteiger charge is -2.10. The number of hydrogen-bond acceptors (Lipinski definition) is 5. The average Bonchev–Trinajstić information content (AvgIpc) is 2.78. The number of ether oxygens (including phenoxy) is 1. The molecule has 0 saturated carbocycles. The molecule has 0 spiro atoms. The maximum atomic E-state index is 9.77. The smallest absolute Gasteiger partial charge is 0.248 e. The van der Waals surface area contributed by atoms with Gasteiger partial charge in [0.2, 0.25) is 11.8 Å². The van der Waals surface area contributed by atoms with Crippen LogP contribution in [-0.4, -0.2) is 21.9 Å². The van der Waals surface area contributed by atoms with Crippen LogP contribution in [0.25, 0.3) is 11.5 Å². The van der Waals surface area contributed by atoms with Gasteiger partial charge in [0.15, 0.2) is 0 Å². The summed E-state index contributed by atoms with van der Waals surface area (Å²) in [4.78, 5) is 0. The Morgan fingerprint density at radius 3 is 2.72 bits per heavy atom. The Bertz CT molecular complexity index is 529. The van der Waals surface area contributed by atoms with Gasteiger partial charge in [0.05, 0.1) is 6.61 Å². The van der Waals surface area contributed by atoms with Crippen molar-refractivity contribution >= 4 is 0 Å². The molecule has 0 amide bonds. The van der Waals surface area contributed by atoms with Crippen molar-refractivity contribution in [2.45, 2.75) is 26.4 Å². The highest BCUT2D eigenvalue weighted by Crippen LogP contribution is 2.26. The molecule has 0 fully saturated rings. The van der Waals surface area contributed by atoms with Crippen molar-refractivity contribution in [3.8, 4) is 17.2 Å². The number of aliphatic hydroxyl groups is 1. The first-order chi connectivity index (χ1) is 8.50. The highest BCUT2D eigenvalue weighted by atomic mass is 16.5. The zero-order valence-corrected chi connectivity index (χ0v) is 10.7. The quantitative estimate of drug-likeness (QED) is 0.899. The van der Waals surface area contributed by atoms with Gasteiger partial charge in [-0.2, -0.15) is 0 Å². The molecule has 5 nitrogen and oxygen atoms in total. The standard InChI is InChI=1S/C13H16N2O3/c1-4-17-10-7-5-6-9(8-10)11-14-15-12(18-11)13(2,3)16/h5-8,16H,4H2,1-3H3. The molecule has 1 aromatic carbocycles. The second-order valence-electron chi connectivity index (χ2n) is 4.43. The summed E-state index contributed by atoms with van der Waals surface area (Å²) >= 11 is 0. The van der Waals surface area contributed by atoms with E-state index in [4.69, 9.17) is 9.15 Å². The summed E-state index contributed by atoms with van der Waals surface area (Å²) in [5, 5.41) is 17.5. The van der Waals surface area contributed by atoms with Crippen molar-refractivity contribution in [1.82, 2.24) is 10.2 Å². The fourth-order valence-electron chi connectivity index (χ4n) is 1.47. The minimum Gasteiger partial charge on any atom is -0.494 e. The highest BCUT2D eigenvalue weighted by Gasteiger charge is 2.24. The van der Waals surface area contributed by atoms with E-state index in [2.05, 4.69) is 10.2 Å². The lowest BCUT2D eigenvalue weighted by molar-refractivity contribution is 0.0488. The molecule has 0 aliphatic heterocycles. The van der Waals surface area contributed by atoms with E-state index in [9.17, 15) is 5.11 Å². The Morgan fingerprint density at radius 2 is 2.11 bits per heavy atom. The Kier molecular flexibility index (Phi) is 3.34. The molecule has 5 heteroatoms. The van der Waals surface area contributed by atoms with Crippen molar-refractivity contribution < 1.29 is 14.3 Å². The van der Waals surface area contributed by atoms with Crippen molar-refractivity contribution in [2.75, 3.05) is 6.61 Å². The van der Waals surface area contributed by atoms with Crippen LogP contribution in [0.5, 0.6) is 5.75 Å². The van der Waals surface area contributed by atoms with Crippen LogP contribution in [0.4, 0.5) is 0 Å². The van der Waals surface area contributed by atoms with E-state index in [0.717, 1.165) is 11.3 Å². The first-order valence-electron chi connectivity index (χ1n) is 5.80. The monoisotopic (exact) mass is 248 g/mol. The Balaban J connectivity index is 2.31. The van der Waals surface area contributed by atoms with Crippen LogP contribution in [0.1, 0.15) is 26.7 Å². The van der Waals surface area contributed by atoms with Crippen LogP contribution in [0, 0.1) is 0 Å². The Morgan fingerprint density at radius 1 is 1.33 bits per heavy atom. The molecular formula is C13H16N2O3. The van der Waals surface area contributed by atoms with Crippen LogP contribution in [0.15, 0.2) is 28.7 Å². The summed E-state index contributed by atoms with van der Waals surface area (Å²) in [7, 11) is 0. The summed E-state index contributed by atoms with van der Waals surface area (Å²) in [6.45, 7) is 5.72. The molecule has 18 heavy (non-hydrogen) atoms. The lowest BCUT2D eigenvalue weighted by Crippen LogP contribution is -2.15. The third-order valence-corrected chi connectivity index (χ3v) is 2.34. The van der Waals surface area contributed by atoms with E-state index in [-0.39, 0.29) is 5.89 Å². The third kappa shape index (κ3) is 2.68. The lowest BCUT2D eigenvalue weighted by atomic mass is 10.1. The summed E-state index contributed by atoms with van der Waals surface area (Å²) < 4.78 is 10.8. The van der Waals surface area contributed by atoms with Crippen molar-refractivity contribution in [3.05, 3.63) is 30.2 Å². The van der Waals surface area contributed by atoms with E-state index in [1.807, 2.05) is 31.2 Å². The molecule has 0 atom stereocenters. The molecule has 0 bridgehead atoms. The molecule has 2 rings (SSSR count). The zero-order valence-electron chi connectivity index (χ0n) is 10.7. The van der Waals surface area contributed by atoms with Gasteiger partial charge < -0.3 is 14.3 Å². The fraction of sp³-hybridized carbons (Fsp3) is 0.385. The maximum absolute atomic E-state index is 9.77. The largest absolute Gasteiger partial charge is 0.494 e. The second kappa shape index (κ2) is 4.78. The van der Waals surface area contributed by atoms with Crippen LogP contribution in [0.2, 0.25) is 0 Å². The predicted octanol–water partition coefficient (Wildman–Crippen LogP) is 2.36. The fourth-order valence-corrected chi connectivity index (χ4v) is 1.47. The molecule has 1 aromatic heterocycles. The van der Waals surface area contributed by atoms with Gasteiger partial charge >= 0.3 is 0 Å². The first kappa shape index (κ1) is 12.6. The minimum absolute atomic E-state index is 0.194. The van der Waals surface area contributed by atoms with Crippen LogP contribution < -0.4 is 4.74 Å². The van der Waals surface area contributed by atoms with Gasteiger partial charge in [0.1, 0.15) is 11.4 Å². The summed E-state index contributed by atoms with van der Waals surface area (Å²) in [6.07, 6.45) is 0. The van der Waals surface area contributed by atoms with Gasteiger partial charge in [-0.1, -0.05) is 6.07 Å². The van der Waals surface area contributed by atoms with Crippen LogP contribution in [-0.2, 0) is 5.60 Å². The van der Waals surface area contributed by atoms with Gasteiger partial charge in [-0.3, -0.25) is 0 Å². The highest BCUT2D eigenvalue weighted by molar-refractivity contribution is 5.55. The van der Waals surface area contributed by atoms with E-state index < -0.39 is 5.60 Å². The SMILES string of the molecule is CCOc1cccc(-c2nnc(C(C)(C)O)o2)c1. The molecule has 0 aliphatic rings. The second-order valence-corrected chi connectivity index (χ2v) is 4.43. The van der Waals surface area contributed by atoms with Crippen molar-refractivity contribution in [3.63, 3.8) is 0 Å². The van der Waals surface area contributed by atoms with Gasteiger partial charge in [0, 0.05) is 5.56 Å². The Labute approximate surface area is 105 Å². The zero-order chi connectivity index (χ0) is 13.2. The molecule has 0 aliphatic carbocycles. The molecular weight excluding hydrogens is 232 g/mol. The molecule has 0 saturated heterocycles. The number of benzene rings is 1. The van der Waals surface area contributed by atoms with Crippen LogP contribution >= 0.6 is 0 Å². The van der Waals surface area contributed by atoms with E-state index in [0.29, 0.717) is 12.5 Å². The van der Waals surface area contributed by atoms with Gasteiger partial charge in [-0.15, -0.1) is 10.2 Å². The average molecular weight is 248 g/mol. The molecule has 0 radical (unpaired) electrons. The predicted molar refractivity (Wildman–Crippen MR) is 66.1 cm³/mol. The minimum atomic E-state index is -1.14. The maximum Gasteiger partial charge on any atom is 0.248 e. The molecule has 96 valence electrons. The molecule has 1 heterocycles. The van der Waals surface area contributed by atoms with Crippen LogP contribution in [0.3, 0.4) is 0 Å². The van der Waals surface area contributed by atoms with Gasteiger partial charge in [0.25, 0.3) is 0 Å². The molecule has 0 unspecified atom stereocenters. The summed E-state index contributed by atoms with van der Waals surface area (Å²) in [5.74, 6) is 1.31. The van der Waals surface area contributed by atoms with Crippen molar-refractivity contribution in [2.24, 2.45) is 0 Å². The number of nitrogens with zero attached hydrogens (tertiary/aromatic N) is 2. The summed E-state index contributed by atoms with van der Waals surface area (Å²) in [6, 6.07) is 7.39. The first-order valence-corrected chi connectivity index (χ1v) is 5.80. The van der Waals surface area contributed by atoms with E-state index in [1.165, 1.54) is 0 Å². The number of aromatic nitrogens is 2. The normalized spacial score (nSPS) is 11.6. The third-order valence-electron chi connectivity index (χ3n) is 2.34. The molecule has 2 aromatic rings. The number of hydrogen-bond donors (Lipinski definition) is 1. The number of rotatable bonds is 4. The van der Waals surface area contributed by atoms with Crippen molar-refractivity contribution in [1.29, 1.82) is 0 Å². The van der Waals surface area contributed by atoms with E-state index in [1.54, 1.807) is 13.8 Å². The molecule has 1 N–H and O–H groups in total. The topological polar surface area (TPSA) is 68.4 Å². The van der Waals surface area contributed by atoms with Gasteiger partial charge in [-0.25, -0.2) is 0 Å². The van der Waals surface area contributed by atoms with Gasteiger partial charge in [-0.05, 0) is 39.0 Å².